The fraction of sp³-hybridized carbons (Fsp3) is 0.643. The predicted molar refractivity (Wildman–Crippen MR) is 80.3 cm³/mol. The van der Waals surface area contributed by atoms with Crippen LogP contribution in [0.25, 0.3) is 0 Å². The minimum Gasteiger partial charge on any atom is -0.327 e. The Morgan fingerprint density at radius 3 is 2.89 bits per heavy atom. The molecule has 1 saturated carbocycles. The molecule has 0 amide bonds. The van der Waals surface area contributed by atoms with Crippen LogP contribution in [0, 0.1) is 0 Å². The van der Waals surface area contributed by atoms with Gasteiger partial charge in [0.2, 0.25) is 0 Å². The van der Waals surface area contributed by atoms with Crippen LogP contribution in [0.3, 0.4) is 0 Å². The molecule has 4 heteroatoms. The summed E-state index contributed by atoms with van der Waals surface area (Å²) in [6.45, 7) is 0. The Labute approximate surface area is 119 Å². The number of rotatable bonds is 5. The van der Waals surface area contributed by atoms with Gasteiger partial charge in [-0.3, -0.25) is 4.98 Å². The van der Waals surface area contributed by atoms with Crippen molar-refractivity contribution in [3.8, 4) is 0 Å². The molecule has 0 spiro atoms. The maximum Gasteiger partial charge on any atom is 0.0621 e. The lowest BCUT2D eigenvalue weighted by Crippen LogP contribution is -2.27. The lowest BCUT2D eigenvalue weighted by Gasteiger charge is -2.22. The minimum atomic E-state index is 0.192. The van der Waals surface area contributed by atoms with E-state index in [1.165, 1.54) is 32.1 Å². The Hall–Kier alpha value is -0.250. The quantitative estimate of drug-likeness (QED) is 0.897. The first kappa shape index (κ1) is 14.2. The third-order valence-corrected chi connectivity index (χ3v) is 5.34. The highest BCUT2D eigenvalue weighted by Crippen LogP contribution is 2.28. The number of thioether (sulfide) groups is 1. The average molecular weight is 285 g/mol. The molecule has 0 saturated heterocycles. The van der Waals surface area contributed by atoms with E-state index in [0.717, 1.165) is 28.0 Å². The summed E-state index contributed by atoms with van der Waals surface area (Å²) < 4.78 is 0. The van der Waals surface area contributed by atoms with Gasteiger partial charge in [0.15, 0.2) is 0 Å². The molecule has 1 atom stereocenters. The van der Waals surface area contributed by atoms with Crippen LogP contribution in [0.5, 0.6) is 0 Å². The Morgan fingerprint density at radius 2 is 2.17 bits per heavy atom. The van der Waals surface area contributed by atoms with E-state index in [-0.39, 0.29) is 6.04 Å². The lowest BCUT2D eigenvalue weighted by molar-refractivity contribution is 0.515. The molecule has 2 rings (SSSR count). The van der Waals surface area contributed by atoms with Crippen LogP contribution in [0.15, 0.2) is 18.5 Å². The van der Waals surface area contributed by atoms with E-state index >= 15 is 0 Å². The highest BCUT2D eigenvalue weighted by Gasteiger charge is 2.15. The van der Waals surface area contributed by atoms with Gasteiger partial charge in [0.05, 0.1) is 5.02 Å². The Morgan fingerprint density at radius 1 is 1.39 bits per heavy atom. The third kappa shape index (κ3) is 4.45. The van der Waals surface area contributed by atoms with E-state index in [0.29, 0.717) is 0 Å². The topological polar surface area (TPSA) is 38.9 Å². The van der Waals surface area contributed by atoms with Gasteiger partial charge in [-0.1, -0.05) is 30.9 Å². The second-order valence-corrected chi connectivity index (χ2v) is 6.77. The summed E-state index contributed by atoms with van der Waals surface area (Å²) in [5, 5.41) is 1.56. The van der Waals surface area contributed by atoms with E-state index in [1.807, 2.05) is 17.8 Å². The monoisotopic (exact) mass is 284 g/mol. The van der Waals surface area contributed by atoms with Gasteiger partial charge in [-0.2, -0.15) is 11.8 Å². The van der Waals surface area contributed by atoms with Gasteiger partial charge in [-0.05, 0) is 30.9 Å². The molecule has 2 N–H and O–H groups in total. The molecule has 1 aliphatic carbocycles. The van der Waals surface area contributed by atoms with Gasteiger partial charge < -0.3 is 5.73 Å². The lowest BCUT2D eigenvalue weighted by atomic mass is 10.0. The number of nitrogens with zero attached hydrogens (tertiary/aromatic N) is 1. The normalized spacial score (nSPS) is 18.8. The summed E-state index contributed by atoms with van der Waals surface area (Å²) in [6.07, 6.45) is 11.3. The molecule has 100 valence electrons. The molecular formula is C14H21ClN2S. The van der Waals surface area contributed by atoms with Gasteiger partial charge in [-0.15, -0.1) is 0 Å². The van der Waals surface area contributed by atoms with E-state index < -0.39 is 0 Å². The Balaban J connectivity index is 1.74. The van der Waals surface area contributed by atoms with Crippen LogP contribution in [0.2, 0.25) is 5.02 Å². The molecule has 1 aliphatic rings. The maximum absolute atomic E-state index is 6.19. The Bertz CT molecular complexity index is 367. The van der Waals surface area contributed by atoms with Crippen LogP contribution in [-0.4, -0.2) is 22.0 Å². The van der Waals surface area contributed by atoms with E-state index in [2.05, 4.69) is 4.98 Å². The van der Waals surface area contributed by atoms with Crippen LogP contribution >= 0.6 is 23.4 Å². The van der Waals surface area contributed by atoms with Gasteiger partial charge in [0, 0.05) is 29.4 Å². The fourth-order valence-corrected chi connectivity index (χ4v) is 3.90. The number of nitrogens with two attached hydrogens (primary N) is 1. The van der Waals surface area contributed by atoms with Gasteiger partial charge in [0.1, 0.15) is 0 Å². The summed E-state index contributed by atoms with van der Waals surface area (Å²) in [4.78, 5) is 3.99. The molecule has 2 nitrogen and oxygen atoms in total. The molecule has 1 aromatic heterocycles. The standard InChI is InChI=1S/C14H21ClN2S/c15-14-9-17-7-6-11(14)8-12(16)10-18-13-4-2-1-3-5-13/h6-7,9,12-13H,1-5,8,10,16H2. The maximum atomic E-state index is 6.19. The number of hydrogen-bond acceptors (Lipinski definition) is 3. The first-order chi connectivity index (χ1) is 8.75. The highest BCUT2D eigenvalue weighted by molar-refractivity contribution is 7.99. The van der Waals surface area contributed by atoms with Crippen molar-refractivity contribution in [2.24, 2.45) is 5.73 Å². The summed E-state index contributed by atoms with van der Waals surface area (Å²) >= 11 is 8.14. The first-order valence-corrected chi connectivity index (χ1v) is 8.14. The van der Waals surface area contributed by atoms with Gasteiger partial charge >= 0.3 is 0 Å². The molecule has 0 bridgehead atoms. The molecule has 0 radical (unpaired) electrons. The zero-order chi connectivity index (χ0) is 12.8. The largest absolute Gasteiger partial charge is 0.327 e. The molecule has 18 heavy (non-hydrogen) atoms. The van der Waals surface area contributed by atoms with Crippen LogP contribution in [-0.2, 0) is 6.42 Å². The van der Waals surface area contributed by atoms with Crippen molar-refractivity contribution in [1.29, 1.82) is 0 Å². The molecule has 1 fully saturated rings. The number of pyridine rings is 1. The van der Waals surface area contributed by atoms with Crippen molar-refractivity contribution < 1.29 is 0 Å². The van der Waals surface area contributed by atoms with Crippen molar-refractivity contribution in [2.45, 2.75) is 49.8 Å². The van der Waals surface area contributed by atoms with Crippen LogP contribution < -0.4 is 5.73 Å². The van der Waals surface area contributed by atoms with Crippen LogP contribution in [0.1, 0.15) is 37.7 Å². The number of aromatic nitrogens is 1. The fourth-order valence-electron chi connectivity index (χ4n) is 2.40. The second kappa shape index (κ2) is 7.37. The van der Waals surface area contributed by atoms with E-state index in [9.17, 15) is 0 Å². The number of halogens is 1. The first-order valence-electron chi connectivity index (χ1n) is 6.71. The molecule has 1 aromatic rings. The van der Waals surface area contributed by atoms with Crippen LogP contribution in [0.4, 0.5) is 0 Å². The van der Waals surface area contributed by atoms with E-state index in [4.69, 9.17) is 17.3 Å². The highest BCUT2D eigenvalue weighted by atomic mass is 35.5. The van der Waals surface area contributed by atoms with Crippen molar-refractivity contribution in [2.75, 3.05) is 5.75 Å². The molecule has 1 heterocycles. The van der Waals surface area contributed by atoms with Crippen molar-refractivity contribution in [3.63, 3.8) is 0 Å². The molecule has 0 aromatic carbocycles. The summed E-state index contributed by atoms with van der Waals surface area (Å²) in [6, 6.07) is 2.16. The Kier molecular flexibility index (Phi) is 5.80. The molecule has 0 aliphatic heterocycles. The minimum absolute atomic E-state index is 0.192. The van der Waals surface area contributed by atoms with Gasteiger partial charge in [0.25, 0.3) is 0 Å². The average Bonchev–Trinajstić information content (AvgIpc) is 2.40. The van der Waals surface area contributed by atoms with E-state index in [1.54, 1.807) is 12.4 Å². The van der Waals surface area contributed by atoms with Crippen molar-refractivity contribution in [3.05, 3.63) is 29.0 Å². The molecular weight excluding hydrogens is 264 g/mol. The van der Waals surface area contributed by atoms with Crippen molar-refractivity contribution in [1.82, 2.24) is 4.98 Å². The van der Waals surface area contributed by atoms with Crippen molar-refractivity contribution >= 4 is 23.4 Å². The summed E-state index contributed by atoms with van der Waals surface area (Å²) in [5.41, 5.74) is 7.31. The molecule has 1 unspecified atom stereocenters. The zero-order valence-corrected chi connectivity index (χ0v) is 12.2. The smallest absolute Gasteiger partial charge is 0.0621 e. The third-order valence-electron chi connectivity index (χ3n) is 3.44. The summed E-state index contributed by atoms with van der Waals surface area (Å²) in [5.74, 6) is 1.03. The summed E-state index contributed by atoms with van der Waals surface area (Å²) in [7, 11) is 0. The predicted octanol–water partition coefficient (Wildman–Crippen LogP) is 3.67. The van der Waals surface area contributed by atoms with Gasteiger partial charge in [-0.25, -0.2) is 0 Å². The zero-order valence-electron chi connectivity index (χ0n) is 10.6. The number of hydrogen-bond donors (Lipinski definition) is 1. The second-order valence-electron chi connectivity index (χ2n) is 5.02. The SMILES string of the molecule is NC(CSC1CCCCC1)Cc1ccncc1Cl.